The van der Waals surface area contributed by atoms with Crippen molar-refractivity contribution in [2.24, 2.45) is 0 Å². The number of likely N-dealkylation sites (tertiary alicyclic amines) is 1. The summed E-state index contributed by atoms with van der Waals surface area (Å²) in [4.78, 5) is 15.0. The summed E-state index contributed by atoms with van der Waals surface area (Å²) in [6.45, 7) is 5.99. The van der Waals surface area contributed by atoms with E-state index in [1.165, 1.54) is 5.56 Å². The van der Waals surface area contributed by atoms with Crippen LogP contribution in [0.25, 0.3) is 0 Å². The molecule has 0 spiro atoms. The summed E-state index contributed by atoms with van der Waals surface area (Å²) in [7, 11) is 0. The Morgan fingerprint density at radius 3 is 2.66 bits per heavy atom. The molecule has 3 heterocycles. The Labute approximate surface area is 184 Å². The number of nitrogens with one attached hydrogen (secondary N) is 2. The second-order valence-electron chi connectivity index (χ2n) is 7.74. The second kappa shape index (κ2) is 10.9. The van der Waals surface area contributed by atoms with Gasteiger partial charge in [0.15, 0.2) is 5.69 Å². The van der Waals surface area contributed by atoms with Gasteiger partial charge in [-0.15, -0.1) is 29.9 Å². The summed E-state index contributed by atoms with van der Waals surface area (Å²) >= 11 is 0. The summed E-state index contributed by atoms with van der Waals surface area (Å²) in [6, 6.07) is 11.4. The van der Waals surface area contributed by atoms with E-state index in [0.717, 1.165) is 45.4 Å². The average molecular weight is 441 g/mol. The van der Waals surface area contributed by atoms with Gasteiger partial charge in [0.25, 0.3) is 5.91 Å². The summed E-state index contributed by atoms with van der Waals surface area (Å²) in [5.41, 5.74) is 1.73. The summed E-state index contributed by atoms with van der Waals surface area (Å²) in [6.07, 6.45) is 4.81. The molecule has 0 aliphatic carbocycles. The minimum atomic E-state index is -0.117. The molecular formula is C20H30Cl2N6O. The van der Waals surface area contributed by atoms with Crippen molar-refractivity contribution in [3.8, 4) is 0 Å². The maximum atomic E-state index is 12.6. The van der Waals surface area contributed by atoms with E-state index in [4.69, 9.17) is 0 Å². The van der Waals surface area contributed by atoms with Gasteiger partial charge in [0.2, 0.25) is 0 Å². The van der Waals surface area contributed by atoms with Crippen molar-refractivity contribution in [3.63, 3.8) is 0 Å². The van der Waals surface area contributed by atoms with Gasteiger partial charge in [0, 0.05) is 25.2 Å². The molecule has 1 amide bonds. The Bertz CT molecular complexity index is 765. The first-order chi connectivity index (χ1) is 13.2. The summed E-state index contributed by atoms with van der Waals surface area (Å²) in [5, 5.41) is 14.8. The molecule has 2 aromatic rings. The van der Waals surface area contributed by atoms with Crippen LogP contribution in [0.15, 0.2) is 36.5 Å². The van der Waals surface area contributed by atoms with E-state index in [0.29, 0.717) is 17.8 Å². The fraction of sp³-hybridized carbons (Fsp3) is 0.550. The highest BCUT2D eigenvalue weighted by molar-refractivity contribution is 5.92. The van der Waals surface area contributed by atoms with Crippen molar-refractivity contribution in [1.82, 2.24) is 30.5 Å². The minimum Gasteiger partial charge on any atom is -0.347 e. The molecule has 0 radical (unpaired) electrons. The number of piperidine rings is 1. The Morgan fingerprint density at radius 1 is 1.21 bits per heavy atom. The second-order valence-corrected chi connectivity index (χ2v) is 7.74. The highest BCUT2D eigenvalue weighted by Crippen LogP contribution is 2.21. The van der Waals surface area contributed by atoms with Crippen LogP contribution in [0, 0.1) is 0 Å². The summed E-state index contributed by atoms with van der Waals surface area (Å²) in [5.74, 6) is -0.117. The van der Waals surface area contributed by atoms with Crippen LogP contribution < -0.4 is 10.6 Å². The maximum absolute atomic E-state index is 12.6. The normalized spacial score (nSPS) is 22.5. The van der Waals surface area contributed by atoms with Crippen LogP contribution in [0.1, 0.15) is 48.3 Å². The monoisotopic (exact) mass is 440 g/mol. The van der Waals surface area contributed by atoms with Gasteiger partial charge < -0.3 is 10.6 Å². The number of hydrogen-bond acceptors (Lipinski definition) is 5. The molecule has 9 heteroatoms. The molecule has 2 saturated heterocycles. The molecule has 2 unspecified atom stereocenters. The van der Waals surface area contributed by atoms with E-state index < -0.39 is 0 Å². The van der Waals surface area contributed by atoms with E-state index in [1.54, 1.807) is 6.20 Å². The lowest BCUT2D eigenvalue weighted by Crippen LogP contribution is -2.37. The topological polar surface area (TPSA) is 75.1 Å². The number of halogens is 2. The molecule has 1 aromatic carbocycles. The van der Waals surface area contributed by atoms with Crippen molar-refractivity contribution in [3.05, 3.63) is 47.8 Å². The maximum Gasteiger partial charge on any atom is 0.273 e. The van der Waals surface area contributed by atoms with E-state index in [9.17, 15) is 4.79 Å². The van der Waals surface area contributed by atoms with Crippen molar-refractivity contribution in [1.29, 1.82) is 0 Å². The summed E-state index contributed by atoms with van der Waals surface area (Å²) < 4.78 is 1.86. The molecule has 2 N–H and O–H groups in total. The molecular weight excluding hydrogens is 411 g/mol. The average Bonchev–Trinajstić information content (AvgIpc) is 3.31. The quantitative estimate of drug-likeness (QED) is 0.746. The zero-order chi connectivity index (χ0) is 18.6. The highest BCUT2D eigenvalue weighted by Gasteiger charge is 2.30. The zero-order valence-corrected chi connectivity index (χ0v) is 18.3. The van der Waals surface area contributed by atoms with Gasteiger partial charge in [-0.25, -0.2) is 4.68 Å². The molecule has 1 aromatic heterocycles. The molecule has 29 heavy (non-hydrogen) atoms. The number of carbonyl (C=O) groups excluding carboxylic acids is 1. The van der Waals surface area contributed by atoms with Crippen molar-refractivity contribution in [2.45, 2.75) is 50.9 Å². The van der Waals surface area contributed by atoms with Crippen molar-refractivity contribution in [2.75, 3.05) is 19.6 Å². The van der Waals surface area contributed by atoms with Crippen LogP contribution in [0.2, 0.25) is 0 Å². The lowest BCUT2D eigenvalue weighted by Gasteiger charge is -2.22. The third-order valence-corrected chi connectivity index (χ3v) is 5.69. The van der Waals surface area contributed by atoms with Gasteiger partial charge in [-0.1, -0.05) is 35.5 Å². The SMILES string of the molecule is CC1CC(NC(=O)c2cn(C3CCNCC3)nn2)CN1Cc1ccccc1.Cl.Cl. The molecule has 2 aliphatic rings. The lowest BCUT2D eigenvalue weighted by atomic mass is 10.1. The standard InChI is InChI=1S/C20H28N6O.2ClH/c1-15-11-17(13-25(15)12-16-5-3-2-4-6-16)22-20(27)19-14-26(24-23-19)18-7-9-21-10-8-18;;/h2-6,14-15,17-18,21H,7-13H2,1H3,(H,22,27);2*1H. The smallest absolute Gasteiger partial charge is 0.273 e. The van der Waals surface area contributed by atoms with Crippen LogP contribution in [0.3, 0.4) is 0 Å². The predicted molar refractivity (Wildman–Crippen MR) is 118 cm³/mol. The van der Waals surface area contributed by atoms with Crippen LogP contribution in [0.4, 0.5) is 0 Å². The Balaban J connectivity index is 0.00000150. The number of carbonyl (C=O) groups is 1. The van der Waals surface area contributed by atoms with Crippen molar-refractivity contribution < 1.29 is 4.79 Å². The molecule has 7 nitrogen and oxygen atoms in total. The van der Waals surface area contributed by atoms with Gasteiger partial charge in [-0.3, -0.25) is 9.69 Å². The van der Waals surface area contributed by atoms with Gasteiger partial charge in [-0.05, 0) is 44.8 Å². The van der Waals surface area contributed by atoms with Gasteiger partial charge in [-0.2, -0.15) is 0 Å². The lowest BCUT2D eigenvalue weighted by molar-refractivity contribution is 0.0932. The van der Waals surface area contributed by atoms with E-state index in [-0.39, 0.29) is 36.8 Å². The third kappa shape index (κ3) is 5.92. The minimum absolute atomic E-state index is 0. The van der Waals surface area contributed by atoms with Gasteiger partial charge in [0.05, 0.1) is 12.2 Å². The molecule has 2 atom stereocenters. The highest BCUT2D eigenvalue weighted by atomic mass is 35.5. The fourth-order valence-corrected chi connectivity index (χ4v) is 4.13. The fourth-order valence-electron chi connectivity index (χ4n) is 4.13. The van der Waals surface area contributed by atoms with Crippen LogP contribution in [-0.2, 0) is 6.54 Å². The first kappa shape index (κ1) is 23.6. The largest absolute Gasteiger partial charge is 0.347 e. The van der Waals surface area contributed by atoms with Gasteiger partial charge >= 0.3 is 0 Å². The Hall–Kier alpha value is -1.67. The number of rotatable bonds is 5. The molecule has 4 rings (SSSR count). The molecule has 2 fully saturated rings. The van der Waals surface area contributed by atoms with Crippen molar-refractivity contribution >= 4 is 30.7 Å². The Kier molecular flexibility index (Phi) is 8.89. The first-order valence-corrected chi connectivity index (χ1v) is 9.90. The number of hydrogen-bond donors (Lipinski definition) is 2. The van der Waals surface area contributed by atoms with Crippen LogP contribution in [-0.4, -0.2) is 57.5 Å². The molecule has 160 valence electrons. The molecule has 2 aliphatic heterocycles. The van der Waals surface area contributed by atoms with E-state index >= 15 is 0 Å². The first-order valence-electron chi connectivity index (χ1n) is 9.90. The van der Waals surface area contributed by atoms with Crippen LogP contribution in [0.5, 0.6) is 0 Å². The number of aromatic nitrogens is 3. The van der Waals surface area contributed by atoms with E-state index in [2.05, 4.69) is 57.0 Å². The Morgan fingerprint density at radius 2 is 1.93 bits per heavy atom. The zero-order valence-electron chi connectivity index (χ0n) is 16.7. The van der Waals surface area contributed by atoms with Gasteiger partial charge in [0.1, 0.15) is 0 Å². The third-order valence-electron chi connectivity index (χ3n) is 5.69. The van der Waals surface area contributed by atoms with Crippen LogP contribution >= 0.6 is 24.8 Å². The molecule has 0 saturated carbocycles. The number of amides is 1. The predicted octanol–water partition coefficient (Wildman–Crippen LogP) is 2.44. The number of nitrogens with zero attached hydrogens (tertiary/aromatic N) is 4. The van der Waals surface area contributed by atoms with E-state index in [1.807, 2.05) is 10.7 Å². The molecule has 0 bridgehead atoms. The number of benzene rings is 1.